The fraction of sp³-hybridized carbons (Fsp3) is 0.593. The lowest BCUT2D eigenvalue weighted by atomic mass is 9.90. The highest BCUT2D eigenvalue weighted by Crippen LogP contribution is 2.37. The summed E-state index contributed by atoms with van der Waals surface area (Å²) in [6.07, 6.45) is 3.32. The molecule has 0 spiro atoms. The van der Waals surface area contributed by atoms with Crippen LogP contribution in [0.15, 0.2) is 30.3 Å². The van der Waals surface area contributed by atoms with Crippen LogP contribution in [0.2, 0.25) is 5.15 Å². The zero-order valence-corrected chi connectivity index (χ0v) is 22.8. The SMILES string of the molecule is CC(C)(C)OC(=O)N1CCN(Cc2cccc(N3[C@@H]4CCC[C@H]3CN(c3cc(Cl)nnc3N)C4)c2)CC1. The molecule has 200 valence electrons. The number of amides is 1. The van der Waals surface area contributed by atoms with Gasteiger partial charge in [0, 0.05) is 69.7 Å². The number of rotatable bonds is 4. The van der Waals surface area contributed by atoms with Crippen LogP contribution in [0.4, 0.5) is 22.0 Å². The minimum atomic E-state index is -0.465. The van der Waals surface area contributed by atoms with Gasteiger partial charge in [-0.1, -0.05) is 23.7 Å². The van der Waals surface area contributed by atoms with Crippen LogP contribution in [-0.4, -0.2) is 83.0 Å². The van der Waals surface area contributed by atoms with Crippen LogP contribution in [0.25, 0.3) is 0 Å². The second kappa shape index (κ2) is 10.5. The summed E-state index contributed by atoms with van der Waals surface area (Å²) >= 11 is 6.13. The average Bonchev–Trinajstić information content (AvgIpc) is 2.84. The molecule has 3 aliphatic heterocycles. The number of carbonyl (C=O) groups is 1. The number of carbonyl (C=O) groups excluding carboxylic acids is 1. The number of anilines is 3. The first-order valence-electron chi connectivity index (χ1n) is 13.3. The smallest absolute Gasteiger partial charge is 0.410 e. The van der Waals surface area contributed by atoms with Gasteiger partial charge in [0.15, 0.2) is 11.0 Å². The number of aromatic nitrogens is 2. The standard InChI is InChI=1S/C27H38ClN7O2/c1-27(2,3)37-26(36)33-12-10-32(11-13-33)16-19-6-4-7-20(14-19)35-21-8-5-9-22(35)18-34(17-21)23-15-24(28)30-31-25(23)29/h4,6-7,14-15,21-22H,5,8-13,16-18H2,1-3H3,(H2,29,31)/t21-,22+. The van der Waals surface area contributed by atoms with Gasteiger partial charge in [0.25, 0.3) is 0 Å². The van der Waals surface area contributed by atoms with E-state index in [0.29, 0.717) is 36.1 Å². The number of piperazine rings is 2. The zero-order chi connectivity index (χ0) is 26.2. The van der Waals surface area contributed by atoms with Crippen LogP contribution in [0, 0.1) is 0 Å². The van der Waals surface area contributed by atoms with Crippen molar-refractivity contribution in [1.82, 2.24) is 20.0 Å². The molecule has 0 aliphatic carbocycles. The molecule has 37 heavy (non-hydrogen) atoms. The van der Waals surface area contributed by atoms with Crippen molar-refractivity contribution in [2.24, 2.45) is 0 Å². The van der Waals surface area contributed by atoms with E-state index in [4.69, 9.17) is 22.1 Å². The van der Waals surface area contributed by atoms with E-state index in [1.165, 1.54) is 17.7 Å². The number of nitrogen functional groups attached to an aromatic ring is 1. The van der Waals surface area contributed by atoms with Gasteiger partial charge in [-0.05, 0) is 57.7 Å². The highest BCUT2D eigenvalue weighted by Gasteiger charge is 2.38. The minimum absolute atomic E-state index is 0.216. The van der Waals surface area contributed by atoms with Crippen molar-refractivity contribution >= 4 is 34.9 Å². The van der Waals surface area contributed by atoms with Gasteiger partial charge in [0.2, 0.25) is 0 Å². The van der Waals surface area contributed by atoms with E-state index in [2.05, 4.69) is 49.2 Å². The predicted molar refractivity (Wildman–Crippen MR) is 147 cm³/mol. The second-order valence-corrected chi connectivity index (χ2v) is 11.8. The first-order chi connectivity index (χ1) is 17.7. The van der Waals surface area contributed by atoms with Crippen molar-refractivity contribution in [3.8, 4) is 0 Å². The zero-order valence-electron chi connectivity index (χ0n) is 22.1. The van der Waals surface area contributed by atoms with Crippen molar-refractivity contribution < 1.29 is 9.53 Å². The van der Waals surface area contributed by atoms with Crippen molar-refractivity contribution in [3.05, 3.63) is 41.0 Å². The van der Waals surface area contributed by atoms with Crippen LogP contribution >= 0.6 is 11.6 Å². The first-order valence-corrected chi connectivity index (χ1v) is 13.7. The summed E-state index contributed by atoms with van der Waals surface area (Å²) in [6.45, 7) is 11.4. The molecule has 5 rings (SSSR count). The molecule has 10 heteroatoms. The Hall–Kier alpha value is -2.78. The molecule has 3 aliphatic rings. The molecule has 4 heterocycles. The lowest BCUT2D eigenvalue weighted by Crippen LogP contribution is -2.61. The molecule has 9 nitrogen and oxygen atoms in total. The highest BCUT2D eigenvalue weighted by atomic mass is 35.5. The van der Waals surface area contributed by atoms with Gasteiger partial charge in [-0.2, -0.15) is 0 Å². The third kappa shape index (κ3) is 6.04. The molecule has 1 aromatic carbocycles. The van der Waals surface area contributed by atoms with E-state index in [1.54, 1.807) is 0 Å². The Balaban J connectivity index is 1.23. The first kappa shape index (κ1) is 25.9. The maximum absolute atomic E-state index is 12.4. The van der Waals surface area contributed by atoms with Crippen molar-refractivity contribution in [2.45, 2.75) is 64.3 Å². The summed E-state index contributed by atoms with van der Waals surface area (Å²) in [5, 5.41) is 8.28. The molecule has 1 aromatic heterocycles. The van der Waals surface area contributed by atoms with Gasteiger partial charge in [-0.25, -0.2) is 4.79 Å². The Bertz CT molecular complexity index is 1100. The maximum atomic E-state index is 12.4. The summed E-state index contributed by atoms with van der Waals surface area (Å²) in [6, 6.07) is 11.6. The third-order valence-corrected chi connectivity index (χ3v) is 7.66. The van der Waals surface area contributed by atoms with E-state index in [9.17, 15) is 4.79 Å². The van der Waals surface area contributed by atoms with Crippen molar-refractivity contribution in [3.63, 3.8) is 0 Å². The fourth-order valence-electron chi connectivity index (χ4n) is 5.84. The van der Waals surface area contributed by atoms with E-state index >= 15 is 0 Å². The quantitative estimate of drug-likeness (QED) is 0.637. The third-order valence-electron chi connectivity index (χ3n) is 7.47. The minimum Gasteiger partial charge on any atom is -0.444 e. The van der Waals surface area contributed by atoms with Crippen LogP contribution in [0.5, 0.6) is 0 Å². The molecule has 1 amide bonds. The molecule has 3 saturated heterocycles. The van der Waals surface area contributed by atoms with Crippen LogP contribution in [0.1, 0.15) is 45.6 Å². The Morgan fingerprint density at radius 2 is 1.78 bits per heavy atom. The number of fused-ring (bicyclic) bond motifs is 2. The topological polar surface area (TPSA) is 91.1 Å². The Labute approximate surface area is 224 Å². The van der Waals surface area contributed by atoms with E-state index in [0.717, 1.165) is 51.3 Å². The average molecular weight is 528 g/mol. The summed E-state index contributed by atoms with van der Waals surface area (Å²) < 4.78 is 5.54. The predicted octanol–water partition coefficient (Wildman–Crippen LogP) is 4.01. The number of hydrogen-bond acceptors (Lipinski definition) is 8. The van der Waals surface area contributed by atoms with Gasteiger partial charge in [0.1, 0.15) is 5.60 Å². The lowest BCUT2D eigenvalue weighted by molar-refractivity contribution is 0.0139. The summed E-state index contributed by atoms with van der Waals surface area (Å²) in [4.78, 5) is 21.6. The number of ether oxygens (including phenoxy) is 1. The maximum Gasteiger partial charge on any atom is 0.410 e. The number of nitrogens with zero attached hydrogens (tertiary/aromatic N) is 6. The highest BCUT2D eigenvalue weighted by molar-refractivity contribution is 6.29. The molecular formula is C27H38ClN7O2. The normalized spacial score (nSPS) is 22.8. The Kier molecular flexibility index (Phi) is 7.36. The van der Waals surface area contributed by atoms with Gasteiger partial charge >= 0.3 is 6.09 Å². The number of halogens is 1. The number of piperidine rings is 1. The van der Waals surface area contributed by atoms with Gasteiger partial charge in [-0.15, -0.1) is 10.2 Å². The number of nitrogens with two attached hydrogens (primary N) is 1. The monoisotopic (exact) mass is 527 g/mol. The van der Waals surface area contributed by atoms with E-state index in [1.807, 2.05) is 31.7 Å². The molecule has 0 radical (unpaired) electrons. The summed E-state index contributed by atoms with van der Waals surface area (Å²) in [5.74, 6) is 0.435. The van der Waals surface area contributed by atoms with Crippen molar-refractivity contribution in [2.75, 3.05) is 54.8 Å². The lowest BCUT2D eigenvalue weighted by Gasteiger charge is -2.52. The van der Waals surface area contributed by atoms with E-state index < -0.39 is 5.60 Å². The largest absolute Gasteiger partial charge is 0.444 e. The Morgan fingerprint density at radius 3 is 2.46 bits per heavy atom. The van der Waals surface area contributed by atoms with Gasteiger partial charge < -0.3 is 25.2 Å². The fourth-order valence-corrected chi connectivity index (χ4v) is 5.98. The molecule has 2 N–H and O–H groups in total. The van der Waals surface area contributed by atoms with Crippen LogP contribution in [-0.2, 0) is 11.3 Å². The molecule has 2 bridgehead atoms. The molecule has 3 fully saturated rings. The number of hydrogen-bond donors (Lipinski definition) is 1. The van der Waals surface area contributed by atoms with E-state index in [-0.39, 0.29) is 6.09 Å². The van der Waals surface area contributed by atoms with Crippen LogP contribution < -0.4 is 15.5 Å². The summed E-state index contributed by atoms with van der Waals surface area (Å²) in [7, 11) is 0. The molecule has 0 saturated carbocycles. The van der Waals surface area contributed by atoms with Crippen LogP contribution in [0.3, 0.4) is 0 Å². The molecule has 2 atom stereocenters. The molecule has 0 unspecified atom stereocenters. The molecule has 2 aromatic rings. The Morgan fingerprint density at radius 1 is 1.08 bits per heavy atom. The van der Waals surface area contributed by atoms with Gasteiger partial charge in [0.05, 0.1) is 5.69 Å². The number of benzene rings is 1. The molecular weight excluding hydrogens is 490 g/mol. The van der Waals surface area contributed by atoms with Crippen molar-refractivity contribution in [1.29, 1.82) is 0 Å². The second-order valence-electron chi connectivity index (χ2n) is 11.4. The van der Waals surface area contributed by atoms with Gasteiger partial charge in [-0.3, -0.25) is 4.90 Å². The summed E-state index contributed by atoms with van der Waals surface area (Å²) in [5.41, 5.74) is 9.17.